The van der Waals surface area contributed by atoms with Crippen LogP contribution in [0.3, 0.4) is 0 Å². The molecule has 0 saturated carbocycles. The second-order valence-electron chi connectivity index (χ2n) is 5.19. The van der Waals surface area contributed by atoms with Crippen molar-refractivity contribution in [1.29, 1.82) is 0 Å². The van der Waals surface area contributed by atoms with Gasteiger partial charge in [-0.15, -0.1) is 0 Å². The fourth-order valence-corrected chi connectivity index (χ4v) is 1.97. The molecule has 0 radical (unpaired) electrons. The maximum absolute atomic E-state index is 12.2. The van der Waals surface area contributed by atoms with Gasteiger partial charge in [-0.25, -0.2) is 0 Å². The summed E-state index contributed by atoms with van der Waals surface area (Å²) < 4.78 is 5.59. The maximum Gasteiger partial charge on any atom is 0.265 e. The van der Waals surface area contributed by atoms with Gasteiger partial charge in [0.2, 0.25) is 5.91 Å². The van der Waals surface area contributed by atoms with Crippen LogP contribution in [0.1, 0.15) is 13.8 Å². The lowest BCUT2D eigenvalue weighted by molar-refractivity contribution is -0.122. The van der Waals surface area contributed by atoms with Crippen molar-refractivity contribution in [1.82, 2.24) is 0 Å². The van der Waals surface area contributed by atoms with Crippen molar-refractivity contribution in [3.8, 4) is 5.75 Å². The molecule has 0 aliphatic rings. The molecular formula is C18H20N2O3. The monoisotopic (exact) mass is 312 g/mol. The standard InChI is InChI=1S/C18H20N2O3/c1-13(23-17-10-5-4-6-11-17)18(22)19-15-8-7-9-16(12-15)20(3)14(2)21/h4-13H,1-3H3,(H,19,22). The molecule has 2 aromatic rings. The molecule has 2 amide bonds. The van der Waals surface area contributed by atoms with E-state index in [1.165, 1.54) is 11.8 Å². The summed E-state index contributed by atoms with van der Waals surface area (Å²) in [5.41, 5.74) is 1.33. The SMILES string of the molecule is CC(=O)N(C)c1cccc(NC(=O)C(C)Oc2ccccc2)c1. The van der Waals surface area contributed by atoms with Crippen molar-refractivity contribution in [3.63, 3.8) is 0 Å². The number of carbonyl (C=O) groups is 2. The molecule has 0 heterocycles. The number of hydrogen-bond acceptors (Lipinski definition) is 3. The van der Waals surface area contributed by atoms with Crippen molar-refractivity contribution in [3.05, 3.63) is 54.6 Å². The summed E-state index contributed by atoms with van der Waals surface area (Å²) in [7, 11) is 1.68. The second-order valence-corrected chi connectivity index (χ2v) is 5.19. The van der Waals surface area contributed by atoms with Crippen LogP contribution in [0.2, 0.25) is 0 Å². The molecule has 120 valence electrons. The van der Waals surface area contributed by atoms with Crippen LogP contribution in [-0.4, -0.2) is 25.0 Å². The van der Waals surface area contributed by atoms with E-state index in [1.807, 2.05) is 18.2 Å². The molecule has 1 atom stereocenters. The Hall–Kier alpha value is -2.82. The number of nitrogens with one attached hydrogen (secondary N) is 1. The van der Waals surface area contributed by atoms with Gasteiger partial charge >= 0.3 is 0 Å². The fourth-order valence-electron chi connectivity index (χ4n) is 1.97. The van der Waals surface area contributed by atoms with Gasteiger partial charge in [0, 0.05) is 25.3 Å². The van der Waals surface area contributed by atoms with Gasteiger partial charge in [-0.1, -0.05) is 24.3 Å². The minimum Gasteiger partial charge on any atom is -0.481 e. The largest absolute Gasteiger partial charge is 0.481 e. The summed E-state index contributed by atoms with van der Waals surface area (Å²) in [6.07, 6.45) is -0.633. The van der Waals surface area contributed by atoms with Gasteiger partial charge in [0.15, 0.2) is 6.10 Å². The number of benzene rings is 2. The third-order valence-corrected chi connectivity index (χ3v) is 3.40. The Morgan fingerprint density at radius 2 is 1.78 bits per heavy atom. The lowest BCUT2D eigenvalue weighted by Crippen LogP contribution is -2.30. The molecular weight excluding hydrogens is 292 g/mol. The van der Waals surface area contributed by atoms with Gasteiger partial charge in [-0.2, -0.15) is 0 Å². The summed E-state index contributed by atoms with van der Waals surface area (Å²) in [6, 6.07) is 16.3. The van der Waals surface area contributed by atoms with E-state index >= 15 is 0 Å². The Morgan fingerprint density at radius 3 is 2.43 bits per heavy atom. The predicted octanol–water partition coefficient (Wildman–Crippen LogP) is 3.08. The molecule has 2 aromatic carbocycles. The summed E-state index contributed by atoms with van der Waals surface area (Å²) in [4.78, 5) is 25.1. The van der Waals surface area contributed by atoms with Gasteiger partial charge < -0.3 is 15.0 Å². The Kier molecular flexibility index (Phi) is 5.36. The Morgan fingerprint density at radius 1 is 1.09 bits per heavy atom. The first-order valence-corrected chi connectivity index (χ1v) is 7.34. The molecule has 5 nitrogen and oxygen atoms in total. The first kappa shape index (κ1) is 16.5. The van der Waals surface area contributed by atoms with E-state index < -0.39 is 6.10 Å². The third kappa shape index (κ3) is 4.57. The Labute approximate surface area is 135 Å². The summed E-state index contributed by atoms with van der Waals surface area (Å²) in [5, 5.41) is 2.79. The number of hydrogen-bond donors (Lipinski definition) is 1. The summed E-state index contributed by atoms with van der Waals surface area (Å²) in [6.45, 7) is 3.18. The van der Waals surface area contributed by atoms with E-state index in [0.29, 0.717) is 17.1 Å². The second kappa shape index (κ2) is 7.45. The topological polar surface area (TPSA) is 58.6 Å². The minimum absolute atomic E-state index is 0.0748. The van der Waals surface area contributed by atoms with Gasteiger partial charge in [0.1, 0.15) is 5.75 Å². The van der Waals surface area contributed by atoms with E-state index in [2.05, 4.69) is 5.32 Å². The lowest BCUT2D eigenvalue weighted by atomic mass is 10.2. The smallest absolute Gasteiger partial charge is 0.265 e. The average molecular weight is 312 g/mol. The molecule has 0 aliphatic carbocycles. The fraction of sp³-hybridized carbons (Fsp3) is 0.222. The van der Waals surface area contributed by atoms with Crippen molar-refractivity contribution < 1.29 is 14.3 Å². The highest BCUT2D eigenvalue weighted by molar-refractivity contribution is 5.96. The molecule has 1 N–H and O–H groups in total. The average Bonchev–Trinajstić information content (AvgIpc) is 2.55. The normalized spacial score (nSPS) is 11.4. The highest BCUT2D eigenvalue weighted by atomic mass is 16.5. The quantitative estimate of drug-likeness (QED) is 0.923. The minimum atomic E-state index is -0.633. The highest BCUT2D eigenvalue weighted by Crippen LogP contribution is 2.19. The molecule has 1 unspecified atom stereocenters. The Bertz CT molecular complexity index is 686. The highest BCUT2D eigenvalue weighted by Gasteiger charge is 2.15. The van der Waals surface area contributed by atoms with Gasteiger partial charge in [-0.05, 0) is 37.3 Å². The van der Waals surface area contributed by atoms with Crippen molar-refractivity contribution in [2.75, 3.05) is 17.3 Å². The summed E-state index contributed by atoms with van der Waals surface area (Å²) >= 11 is 0. The molecule has 23 heavy (non-hydrogen) atoms. The zero-order valence-corrected chi connectivity index (χ0v) is 13.4. The number of carbonyl (C=O) groups excluding carboxylic acids is 2. The number of anilines is 2. The van der Waals surface area contributed by atoms with Crippen LogP contribution in [0.4, 0.5) is 11.4 Å². The van der Waals surface area contributed by atoms with Gasteiger partial charge in [0.05, 0.1) is 0 Å². The lowest BCUT2D eigenvalue weighted by Gasteiger charge is -2.17. The number of para-hydroxylation sites is 1. The molecule has 0 aliphatic heterocycles. The van der Waals surface area contributed by atoms with E-state index in [-0.39, 0.29) is 11.8 Å². The van der Waals surface area contributed by atoms with Crippen molar-refractivity contribution >= 4 is 23.2 Å². The number of amides is 2. The van der Waals surface area contributed by atoms with Crippen molar-refractivity contribution in [2.45, 2.75) is 20.0 Å². The van der Waals surface area contributed by atoms with Crippen LogP contribution in [0.25, 0.3) is 0 Å². The van der Waals surface area contributed by atoms with Crippen LogP contribution >= 0.6 is 0 Å². The van der Waals surface area contributed by atoms with E-state index in [0.717, 1.165) is 0 Å². The van der Waals surface area contributed by atoms with Crippen LogP contribution in [0.5, 0.6) is 5.75 Å². The molecule has 0 spiro atoms. The maximum atomic E-state index is 12.2. The van der Waals surface area contributed by atoms with Crippen LogP contribution in [-0.2, 0) is 9.59 Å². The molecule has 0 fully saturated rings. The van der Waals surface area contributed by atoms with E-state index in [9.17, 15) is 9.59 Å². The number of nitrogens with zero attached hydrogens (tertiary/aromatic N) is 1. The molecule has 5 heteroatoms. The van der Waals surface area contributed by atoms with Gasteiger partial charge in [0.25, 0.3) is 5.91 Å². The summed E-state index contributed by atoms with van der Waals surface area (Å²) in [5.74, 6) is 0.311. The first-order valence-electron chi connectivity index (χ1n) is 7.34. The molecule has 0 saturated heterocycles. The molecule has 2 rings (SSSR count). The Balaban J connectivity index is 2.02. The van der Waals surface area contributed by atoms with Crippen LogP contribution in [0, 0.1) is 0 Å². The number of ether oxygens (including phenoxy) is 1. The van der Waals surface area contributed by atoms with Crippen LogP contribution < -0.4 is 15.0 Å². The van der Waals surface area contributed by atoms with Crippen LogP contribution in [0.15, 0.2) is 54.6 Å². The van der Waals surface area contributed by atoms with E-state index in [4.69, 9.17) is 4.74 Å². The first-order chi connectivity index (χ1) is 11.0. The van der Waals surface area contributed by atoms with Crippen molar-refractivity contribution in [2.24, 2.45) is 0 Å². The molecule has 0 bridgehead atoms. The predicted molar refractivity (Wildman–Crippen MR) is 90.7 cm³/mol. The zero-order chi connectivity index (χ0) is 16.8. The number of rotatable bonds is 5. The zero-order valence-electron chi connectivity index (χ0n) is 13.4. The third-order valence-electron chi connectivity index (χ3n) is 3.40. The van der Waals surface area contributed by atoms with E-state index in [1.54, 1.807) is 50.4 Å². The molecule has 0 aromatic heterocycles. The van der Waals surface area contributed by atoms with Gasteiger partial charge in [-0.3, -0.25) is 9.59 Å².